The average Bonchev–Trinajstić information content (AvgIpc) is 3.01. The molecule has 1 N–H and O–H groups in total. The average molecular weight is 350 g/mol. The number of guanidine groups is 1. The van der Waals surface area contributed by atoms with E-state index < -0.39 is 0 Å². The number of likely N-dealkylation sites (N-methyl/N-ethyl adjacent to an activating group) is 1. The van der Waals surface area contributed by atoms with Crippen molar-refractivity contribution in [1.82, 2.24) is 24.9 Å². The van der Waals surface area contributed by atoms with Crippen LogP contribution in [0.25, 0.3) is 0 Å². The topological polar surface area (TPSA) is 75.0 Å². The predicted octanol–water partition coefficient (Wildman–Crippen LogP) is 0.483. The predicted molar refractivity (Wildman–Crippen MR) is 97.3 cm³/mol. The van der Waals surface area contributed by atoms with Crippen molar-refractivity contribution in [2.75, 3.05) is 46.9 Å². The van der Waals surface area contributed by atoms with Gasteiger partial charge in [-0.05, 0) is 5.92 Å². The number of nitrogens with zero attached hydrogens (tertiary/aromatic N) is 5. The molecular formula is C17H30N6O2. The molecule has 0 radical (unpaired) electrons. The SMILES string of the molecule is CC(C)CNC(=NCC(=O)N(C)C)N1CCOC(c2cnn(C)c2)C1. The van der Waals surface area contributed by atoms with E-state index in [2.05, 4.69) is 34.2 Å². The molecule has 1 atom stereocenters. The highest BCUT2D eigenvalue weighted by atomic mass is 16.5. The summed E-state index contributed by atoms with van der Waals surface area (Å²) in [5, 5.41) is 7.61. The van der Waals surface area contributed by atoms with Gasteiger partial charge in [0.05, 0.1) is 19.3 Å². The molecule has 1 aliphatic rings. The molecular weight excluding hydrogens is 320 g/mol. The first-order valence-electron chi connectivity index (χ1n) is 8.70. The van der Waals surface area contributed by atoms with Gasteiger partial charge in [-0.2, -0.15) is 5.10 Å². The van der Waals surface area contributed by atoms with E-state index in [0.717, 1.165) is 24.6 Å². The second-order valence-corrected chi connectivity index (χ2v) is 6.96. The Kier molecular flexibility index (Phi) is 6.81. The van der Waals surface area contributed by atoms with Gasteiger partial charge in [0.2, 0.25) is 5.91 Å². The quantitative estimate of drug-likeness (QED) is 0.618. The number of aliphatic imine (C=N–C) groups is 1. The number of morpholine rings is 1. The summed E-state index contributed by atoms with van der Waals surface area (Å²) in [5.41, 5.74) is 1.06. The lowest BCUT2D eigenvalue weighted by Gasteiger charge is -2.35. The number of nitrogens with one attached hydrogen (secondary N) is 1. The third kappa shape index (κ3) is 5.74. The normalized spacial score (nSPS) is 18.6. The fourth-order valence-electron chi connectivity index (χ4n) is 2.50. The van der Waals surface area contributed by atoms with Crippen LogP contribution < -0.4 is 5.32 Å². The monoisotopic (exact) mass is 350 g/mol. The molecule has 1 saturated heterocycles. The zero-order valence-electron chi connectivity index (χ0n) is 15.9. The summed E-state index contributed by atoms with van der Waals surface area (Å²) in [5.74, 6) is 1.24. The van der Waals surface area contributed by atoms with E-state index in [4.69, 9.17) is 4.74 Å². The van der Waals surface area contributed by atoms with E-state index >= 15 is 0 Å². The molecule has 1 aliphatic heterocycles. The fourth-order valence-corrected chi connectivity index (χ4v) is 2.50. The van der Waals surface area contributed by atoms with Gasteiger partial charge in [-0.3, -0.25) is 9.48 Å². The highest BCUT2D eigenvalue weighted by Crippen LogP contribution is 2.21. The van der Waals surface area contributed by atoms with Crippen molar-refractivity contribution in [3.8, 4) is 0 Å². The number of hydrogen-bond donors (Lipinski definition) is 1. The number of aromatic nitrogens is 2. The summed E-state index contributed by atoms with van der Waals surface area (Å²) in [6.07, 6.45) is 3.77. The Hall–Kier alpha value is -2.09. The minimum absolute atomic E-state index is 0.0130. The van der Waals surface area contributed by atoms with Crippen molar-refractivity contribution < 1.29 is 9.53 Å². The number of carbonyl (C=O) groups is 1. The molecule has 0 spiro atoms. The summed E-state index contributed by atoms with van der Waals surface area (Å²) >= 11 is 0. The van der Waals surface area contributed by atoms with Crippen LogP contribution in [0.3, 0.4) is 0 Å². The largest absolute Gasteiger partial charge is 0.370 e. The summed E-state index contributed by atoms with van der Waals surface area (Å²) in [6, 6.07) is 0. The third-order valence-electron chi connectivity index (χ3n) is 3.99. The number of carbonyl (C=O) groups excluding carboxylic acids is 1. The van der Waals surface area contributed by atoms with Crippen molar-refractivity contribution in [2.45, 2.75) is 20.0 Å². The molecule has 1 unspecified atom stereocenters. The maximum Gasteiger partial charge on any atom is 0.243 e. The summed E-state index contributed by atoms with van der Waals surface area (Å²) < 4.78 is 7.67. The van der Waals surface area contributed by atoms with Gasteiger partial charge >= 0.3 is 0 Å². The smallest absolute Gasteiger partial charge is 0.243 e. The number of rotatable bonds is 5. The lowest BCUT2D eigenvalue weighted by molar-refractivity contribution is -0.127. The molecule has 1 amide bonds. The van der Waals surface area contributed by atoms with Gasteiger partial charge in [-0.1, -0.05) is 13.8 Å². The first kappa shape index (κ1) is 19.2. The van der Waals surface area contributed by atoms with Gasteiger partial charge in [-0.25, -0.2) is 4.99 Å². The van der Waals surface area contributed by atoms with Crippen LogP contribution in [0.1, 0.15) is 25.5 Å². The molecule has 1 aromatic heterocycles. The molecule has 8 heteroatoms. The van der Waals surface area contributed by atoms with Crippen LogP contribution in [-0.2, 0) is 16.6 Å². The number of ether oxygens (including phenoxy) is 1. The van der Waals surface area contributed by atoms with Crippen LogP contribution in [-0.4, -0.2) is 78.3 Å². The van der Waals surface area contributed by atoms with E-state index in [1.54, 1.807) is 23.7 Å². The van der Waals surface area contributed by atoms with Crippen molar-refractivity contribution in [1.29, 1.82) is 0 Å². The van der Waals surface area contributed by atoms with Crippen LogP contribution in [0.4, 0.5) is 0 Å². The molecule has 1 aromatic rings. The zero-order valence-corrected chi connectivity index (χ0v) is 15.9. The van der Waals surface area contributed by atoms with E-state index in [1.807, 2.05) is 19.4 Å². The maximum atomic E-state index is 11.9. The van der Waals surface area contributed by atoms with Crippen molar-refractivity contribution in [3.63, 3.8) is 0 Å². The molecule has 0 aliphatic carbocycles. The van der Waals surface area contributed by atoms with E-state index in [9.17, 15) is 4.79 Å². The Morgan fingerprint density at radius 3 is 2.88 bits per heavy atom. The second kappa shape index (κ2) is 8.84. The van der Waals surface area contributed by atoms with E-state index in [0.29, 0.717) is 19.1 Å². The summed E-state index contributed by atoms with van der Waals surface area (Å²) in [6.45, 7) is 7.29. The summed E-state index contributed by atoms with van der Waals surface area (Å²) in [4.78, 5) is 20.1. The minimum atomic E-state index is -0.0435. The van der Waals surface area contributed by atoms with Crippen LogP contribution >= 0.6 is 0 Å². The molecule has 8 nitrogen and oxygen atoms in total. The standard InChI is InChI=1S/C17H30N6O2/c1-13(2)8-18-17(19-10-16(24)21(3)4)23-6-7-25-15(12-23)14-9-20-22(5)11-14/h9,11,13,15H,6-8,10,12H2,1-5H3,(H,18,19). The van der Waals surface area contributed by atoms with E-state index in [1.165, 1.54) is 0 Å². The fraction of sp³-hybridized carbons (Fsp3) is 0.706. The number of amides is 1. The van der Waals surface area contributed by atoms with Crippen LogP contribution in [0.2, 0.25) is 0 Å². The highest BCUT2D eigenvalue weighted by molar-refractivity contribution is 5.85. The van der Waals surface area contributed by atoms with Gasteiger partial charge in [0.1, 0.15) is 12.6 Å². The first-order chi connectivity index (χ1) is 11.9. The Balaban J connectivity index is 2.08. The number of hydrogen-bond acceptors (Lipinski definition) is 4. The maximum absolute atomic E-state index is 11.9. The van der Waals surface area contributed by atoms with Crippen molar-refractivity contribution in [2.24, 2.45) is 18.0 Å². The molecule has 0 saturated carbocycles. The molecule has 0 aromatic carbocycles. The van der Waals surface area contributed by atoms with Crippen molar-refractivity contribution in [3.05, 3.63) is 18.0 Å². The Morgan fingerprint density at radius 1 is 1.52 bits per heavy atom. The molecule has 0 bridgehead atoms. The molecule has 25 heavy (non-hydrogen) atoms. The zero-order chi connectivity index (χ0) is 18.4. The highest BCUT2D eigenvalue weighted by Gasteiger charge is 2.25. The van der Waals surface area contributed by atoms with Gasteiger partial charge in [0.15, 0.2) is 5.96 Å². The molecule has 2 heterocycles. The van der Waals surface area contributed by atoms with Crippen LogP contribution in [0.5, 0.6) is 0 Å². The van der Waals surface area contributed by atoms with Gasteiger partial charge in [-0.15, -0.1) is 0 Å². The lowest BCUT2D eigenvalue weighted by atomic mass is 10.1. The van der Waals surface area contributed by atoms with Gasteiger partial charge < -0.3 is 19.9 Å². The molecule has 2 rings (SSSR count). The summed E-state index contributed by atoms with van der Waals surface area (Å²) in [7, 11) is 5.38. The minimum Gasteiger partial charge on any atom is -0.370 e. The van der Waals surface area contributed by atoms with Crippen LogP contribution in [0.15, 0.2) is 17.4 Å². The van der Waals surface area contributed by atoms with Gasteiger partial charge in [0, 0.05) is 46.0 Å². The molecule has 140 valence electrons. The Bertz CT molecular complexity index is 596. The van der Waals surface area contributed by atoms with Gasteiger partial charge in [0.25, 0.3) is 0 Å². The molecule has 1 fully saturated rings. The second-order valence-electron chi connectivity index (χ2n) is 6.96. The first-order valence-corrected chi connectivity index (χ1v) is 8.70. The lowest BCUT2D eigenvalue weighted by Crippen LogP contribution is -2.49. The van der Waals surface area contributed by atoms with Crippen molar-refractivity contribution >= 4 is 11.9 Å². The van der Waals surface area contributed by atoms with E-state index in [-0.39, 0.29) is 18.6 Å². The third-order valence-corrected chi connectivity index (χ3v) is 3.99. The Labute approximate surface area is 149 Å². The number of aryl methyl sites for hydroxylation is 1. The Morgan fingerprint density at radius 2 is 2.28 bits per heavy atom. The van der Waals surface area contributed by atoms with Crippen LogP contribution in [0, 0.1) is 5.92 Å².